The molecule has 6 nitrogen and oxygen atoms in total. The number of hydrogen-bond acceptors (Lipinski definition) is 4. The summed E-state index contributed by atoms with van der Waals surface area (Å²) in [6, 6.07) is 10.7. The monoisotopic (exact) mass is 367 g/mol. The van der Waals surface area contributed by atoms with Gasteiger partial charge in [-0.2, -0.15) is 0 Å². The van der Waals surface area contributed by atoms with Gasteiger partial charge in [-0.25, -0.2) is 12.8 Å². The number of rotatable bonds is 8. The van der Waals surface area contributed by atoms with Gasteiger partial charge >= 0.3 is 5.97 Å². The molecule has 2 aromatic carbocycles. The number of carbonyl (C=O) groups is 1. The standard InChI is InChI=1S/C17H18FNO5S/c1-2-24-15-7-5-14(6-8-15)19(12-11-17(20)21)25(22,23)16-9-3-13(18)4-10-16/h3-10H,2,11-12H2,1H3,(H,20,21). The number of hydrogen-bond donors (Lipinski definition) is 1. The number of nitrogens with zero attached hydrogens (tertiary/aromatic N) is 1. The normalized spacial score (nSPS) is 11.1. The molecule has 0 saturated carbocycles. The van der Waals surface area contributed by atoms with E-state index in [4.69, 9.17) is 9.84 Å². The zero-order valence-electron chi connectivity index (χ0n) is 13.6. The van der Waals surface area contributed by atoms with Crippen LogP contribution >= 0.6 is 0 Å². The Labute approximate surface area is 145 Å². The van der Waals surface area contributed by atoms with Crippen LogP contribution in [0, 0.1) is 5.82 Å². The third kappa shape index (κ3) is 4.69. The van der Waals surface area contributed by atoms with E-state index in [1.165, 1.54) is 12.1 Å². The zero-order chi connectivity index (χ0) is 18.4. The SMILES string of the molecule is CCOc1ccc(N(CCC(=O)O)S(=O)(=O)c2ccc(F)cc2)cc1. The number of ether oxygens (including phenoxy) is 1. The second-order valence-electron chi connectivity index (χ2n) is 5.10. The maximum Gasteiger partial charge on any atom is 0.305 e. The fraction of sp³-hybridized carbons (Fsp3) is 0.235. The Morgan fingerprint density at radius 2 is 1.72 bits per heavy atom. The van der Waals surface area contributed by atoms with Crippen molar-refractivity contribution < 1.29 is 27.4 Å². The molecule has 25 heavy (non-hydrogen) atoms. The highest BCUT2D eigenvalue weighted by molar-refractivity contribution is 7.92. The number of carboxylic acid groups (broad SMARTS) is 1. The summed E-state index contributed by atoms with van der Waals surface area (Å²) in [5.74, 6) is -1.11. The molecule has 2 rings (SSSR count). The van der Waals surface area contributed by atoms with Gasteiger partial charge in [-0.05, 0) is 55.5 Å². The minimum atomic E-state index is -4.03. The predicted octanol–water partition coefficient (Wildman–Crippen LogP) is 2.89. The van der Waals surface area contributed by atoms with E-state index in [2.05, 4.69) is 0 Å². The second-order valence-corrected chi connectivity index (χ2v) is 6.96. The van der Waals surface area contributed by atoms with Crippen molar-refractivity contribution in [1.29, 1.82) is 0 Å². The molecule has 0 saturated heterocycles. The molecule has 134 valence electrons. The van der Waals surface area contributed by atoms with Crippen molar-refractivity contribution >= 4 is 21.7 Å². The van der Waals surface area contributed by atoms with Gasteiger partial charge in [0.05, 0.1) is 23.6 Å². The van der Waals surface area contributed by atoms with Gasteiger partial charge in [0.15, 0.2) is 0 Å². The van der Waals surface area contributed by atoms with Gasteiger partial charge in [0.2, 0.25) is 0 Å². The number of carboxylic acids is 1. The quantitative estimate of drug-likeness (QED) is 0.776. The summed E-state index contributed by atoms with van der Waals surface area (Å²) >= 11 is 0. The van der Waals surface area contributed by atoms with E-state index in [9.17, 15) is 17.6 Å². The third-order valence-electron chi connectivity index (χ3n) is 3.37. The van der Waals surface area contributed by atoms with Gasteiger partial charge < -0.3 is 9.84 Å². The number of benzene rings is 2. The van der Waals surface area contributed by atoms with Gasteiger partial charge in [0.25, 0.3) is 10.0 Å². The van der Waals surface area contributed by atoms with Crippen molar-refractivity contribution in [3.05, 3.63) is 54.3 Å². The topological polar surface area (TPSA) is 83.9 Å². The van der Waals surface area contributed by atoms with Crippen LogP contribution in [-0.2, 0) is 14.8 Å². The smallest absolute Gasteiger partial charge is 0.305 e. The highest BCUT2D eigenvalue weighted by atomic mass is 32.2. The molecule has 0 spiro atoms. The Morgan fingerprint density at radius 1 is 1.12 bits per heavy atom. The first-order valence-electron chi connectivity index (χ1n) is 7.57. The van der Waals surface area contributed by atoms with Crippen molar-refractivity contribution in [3.63, 3.8) is 0 Å². The summed E-state index contributed by atoms with van der Waals surface area (Å²) < 4.78 is 45.1. The van der Waals surface area contributed by atoms with Crippen LogP contribution < -0.4 is 9.04 Å². The van der Waals surface area contributed by atoms with Crippen LogP contribution in [0.2, 0.25) is 0 Å². The lowest BCUT2D eigenvalue weighted by Gasteiger charge is -2.24. The third-order valence-corrected chi connectivity index (χ3v) is 5.21. The highest BCUT2D eigenvalue weighted by Gasteiger charge is 2.25. The van der Waals surface area contributed by atoms with E-state index in [0.717, 1.165) is 28.6 Å². The lowest BCUT2D eigenvalue weighted by molar-refractivity contribution is -0.136. The summed E-state index contributed by atoms with van der Waals surface area (Å²) in [7, 11) is -4.03. The fourth-order valence-electron chi connectivity index (χ4n) is 2.19. The van der Waals surface area contributed by atoms with Crippen molar-refractivity contribution in [3.8, 4) is 5.75 Å². The number of halogens is 1. The first kappa shape index (κ1) is 18.7. The molecule has 0 aliphatic rings. The lowest BCUT2D eigenvalue weighted by atomic mass is 10.3. The molecule has 0 aliphatic carbocycles. The van der Waals surface area contributed by atoms with Crippen LogP contribution in [0.5, 0.6) is 5.75 Å². The maximum absolute atomic E-state index is 13.1. The predicted molar refractivity (Wildman–Crippen MR) is 90.8 cm³/mol. The second kappa shape index (κ2) is 7.98. The van der Waals surface area contributed by atoms with E-state index in [-0.39, 0.29) is 17.9 Å². The molecule has 0 aliphatic heterocycles. The Balaban J connectivity index is 2.40. The van der Waals surface area contributed by atoms with Gasteiger partial charge in [-0.3, -0.25) is 9.10 Å². The summed E-state index contributed by atoms with van der Waals surface area (Å²) in [4.78, 5) is 10.8. The Morgan fingerprint density at radius 3 is 2.24 bits per heavy atom. The molecule has 0 radical (unpaired) electrons. The van der Waals surface area contributed by atoms with E-state index >= 15 is 0 Å². The Hall–Kier alpha value is -2.61. The number of anilines is 1. The van der Waals surface area contributed by atoms with Gasteiger partial charge in [-0.15, -0.1) is 0 Å². The van der Waals surface area contributed by atoms with Gasteiger partial charge in [-0.1, -0.05) is 0 Å². The van der Waals surface area contributed by atoms with E-state index < -0.39 is 21.8 Å². The number of sulfonamides is 1. The molecular formula is C17H18FNO5S. The molecule has 0 amide bonds. The summed E-state index contributed by atoms with van der Waals surface area (Å²) in [5, 5.41) is 8.90. The van der Waals surface area contributed by atoms with Gasteiger partial charge in [0, 0.05) is 6.54 Å². The van der Waals surface area contributed by atoms with Crippen molar-refractivity contribution in [1.82, 2.24) is 0 Å². The molecule has 0 bridgehead atoms. The molecule has 0 unspecified atom stereocenters. The minimum Gasteiger partial charge on any atom is -0.494 e. The summed E-state index contributed by atoms with van der Waals surface area (Å²) in [6.45, 7) is 2.05. The van der Waals surface area contributed by atoms with E-state index in [1.54, 1.807) is 12.1 Å². The molecule has 2 aromatic rings. The first-order chi connectivity index (χ1) is 11.8. The van der Waals surface area contributed by atoms with Gasteiger partial charge in [0.1, 0.15) is 11.6 Å². The average molecular weight is 367 g/mol. The highest BCUT2D eigenvalue weighted by Crippen LogP contribution is 2.26. The van der Waals surface area contributed by atoms with E-state index in [0.29, 0.717) is 18.0 Å². The summed E-state index contributed by atoms with van der Waals surface area (Å²) in [5.41, 5.74) is 0.300. The Kier molecular flexibility index (Phi) is 5.97. The first-order valence-corrected chi connectivity index (χ1v) is 9.01. The molecule has 8 heteroatoms. The number of aliphatic carboxylic acids is 1. The van der Waals surface area contributed by atoms with Crippen LogP contribution in [-0.4, -0.2) is 32.6 Å². The van der Waals surface area contributed by atoms with Crippen LogP contribution in [0.15, 0.2) is 53.4 Å². The zero-order valence-corrected chi connectivity index (χ0v) is 14.4. The molecule has 0 aromatic heterocycles. The average Bonchev–Trinajstić information content (AvgIpc) is 2.56. The van der Waals surface area contributed by atoms with Crippen LogP contribution in [0.3, 0.4) is 0 Å². The molecule has 0 atom stereocenters. The molecule has 0 fully saturated rings. The van der Waals surface area contributed by atoms with Crippen molar-refractivity contribution in [2.24, 2.45) is 0 Å². The Bertz CT molecular complexity index is 819. The van der Waals surface area contributed by atoms with Crippen molar-refractivity contribution in [2.75, 3.05) is 17.5 Å². The van der Waals surface area contributed by atoms with Crippen molar-refractivity contribution in [2.45, 2.75) is 18.2 Å². The maximum atomic E-state index is 13.1. The summed E-state index contributed by atoms with van der Waals surface area (Å²) in [6.07, 6.45) is -0.367. The van der Waals surface area contributed by atoms with Crippen LogP contribution in [0.1, 0.15) is 13.3 Å². The molecular weight excluding hydrogens is 349 g/mol. The largest absolute Gasteiger partial charge is 0.494 e. The van der Waals surface area contributed by atoms with Crippen LogP contribution in [0.25, 0.3) is 0 Å². The molecule has 0 heterocycles. The van der Waals surface area contributed by atoms with E-state index in [1.807, 2.05) is 6.92 Å². The van der Waals surface area contributed by atoms with Crippen LogP contribution in [0.4, 0.5) is 10.1 Å². The lowest BCUT2D eigenvalue weighted by Crippen LogP contribution is -2.33. The fourth-order valence-corrected chi connectivity index (χ4v) is 3.66. The minimum absolute atomic E-state index is 0.117. The molecule has 1 N–H and O–H groups in total.